The molecule has 30 heavy (non-hydrogen) atoms. The standard InChI is InChI=1S/C15H16N8O5S2/c16-7-12(24)19-10-4-2-1-3-8(10)9-5-6-11(29(17,25)26)14(30(18,27)28)13(9)15-20-22-23-21-15/h1-6H,7,16H2,(H,19,24)(H2,17,25,26)(H2,18,27,28)(H,20,21,22,23). The second kappa shape index (κ2) is 7.88. The number of H-pyrrole nitrogens is 1. The average molecular weight is 452 g/mol. The summed E-state index contributed by atoms with van der Waals surface area (Å²) in [6, 6.07) is 8.66. The predicted molar refractivity (Wildman–Crippen MR) is 105 cm³/mol. The number of benzene rings is 2. The third-order valence-electron chi connectivity index (χ3n) is 3.96. The Morgan fingerprint density at radius 1 is 1.00 bits per heavy atom. The van der Waals surface area contributed by atoms with E-state index in [4.69, 9.17) is 16.0 Å². The number of nitrogens with two attached hydrogens (primary N) is 3. The zero-order chi connectivity index (χ0) is 22.1. The van der Waals surface area contributed by atoms with Crippen molar-refractivity contribution in [3.8, 4) is 22.5 Å². The van der Waals surface area contributed by atoms with Gasteiger partial charge in [0, 0.05) is 11.3 Å². The first-order valence-corrected chi connectivity index (χ1v) is 11.2. The van der Waals surface area contributed by atoms with E-state index in [2.05, 4.69) is 25.9 Å². The van der Waals surface area contributed by atoms with Gasteiger partial charge in [-0.05, 0) is 22.9 Å². The van der Waals surface area contributed by atoms with Gasteiger partial charge >= 0.3 is 0 Å². The third kappa shape index (κ3) is 4.19. The Balaban J connectivity index is 2.46. The number of carbonyl (C=O) groups excluding carboxylic acids is 1. The number of hydrogen-bond acceptors (Lipinski definition) is 9. The van der Waals surface area contributed by atoms with Crippen LogP contribution in [0.3, 0.4) is 0 Å². The molecule has 0 aliphatic rings. The first kappa shape index (κ1) is 21.5. The molecule has 0 fully saturated rings. The van der Waals surface area contributed by atoms with Crippen LogP contribution in [0.5, 0.6) is 0 Å². The van der Waals surface area contributed by atoms with Crippen molar-refractivity contribution in [1.29, 1.82) is 0 Å². The Bertz CT molecular complexity index is 1320. The van der Waals surface area contributed by atoms with Gasteiger partial charge in [0.05, 0.1) is 12.1 Å². The number of primary sulfonamides is 2. The van der Waals surface area contributed by atoms with Crippen LogP contribution in [-0.4, -0.2) is 49.9 Å². The molecule has 0 aliphatic carbocycles. The van der Waals surface area contributed by atoms with Crippen LogP contribution in [0.1, 0.15) is 0 Å². The van der Waals surface area contributed by atoms with Gasteiger partial charge < -0.3 is 11.1 Å². The molecule has 15 heteroatoms. The summed E-state index contributed by atoms with van der Waals surface area (Å²) < 4.78 is 48.9. The molecule has 1 aromatic heterocycles. The molecule has 1 amide bonds. The molecule has 8 N–H and O–H groups in total. The molecular formula is C15H16N8O5S2. The number of aromatic nitrogens is 4. The second-order valence-corrected chi connectivity index (χ2v) is 8.97. The van der Waals surface area contributed by atoms with Crippen molar-refractivity contribution >= 4 is 31.6 Å². The van der Waals surface area contributed by atoms with E-state index < -0.39 is 35.7 Å². The quantitative estimate of drug-likeness (QED) is 0.299. The fourth-order valence-corrected chi connectivity index (χ4v) is 4.96. The first-order valence-electron chi connectivity index (χ1n) is 8.09. The molecule has 3 aromatic rings. The number of rotatable bonds is 6. The minimum Gasteiger partial charge on any atom is -0.324 e. The van der Waals surface area contributed by atoms with E-state index in [1.54, 1.807) is 24.3 Å². The second-order valence-electron chi connectivity index (χ2n) is 5.94. The summed E-state index contributed by atoms with van der Waals surface area (Å²) in [4.78, 5) is 10.3. The lowest BCUT2D eigenvalue weighted by atomic mass is 9.97. The number of sulfonamides is 2. The van der Waals surface area contributed by atoms with E-state index in [0.717, 1.165) is 6.07 Å². The van der Waals surface area contributed by atoms with Gasteiger partial charge in [-0.3, -0.25) is 4.79 Å². The topological polar surface area (TPSA) is 230 Å². The van der Waals surface area contributed by atoms with Gasteiger partial charge in [-0.2, -0.15) is 5.21 Å². The maximum absolute atomic E-state index is 12.4. The smallest absolute Gasteiger partial charge is 0.240 e. The lowest BCUT2D eigenvalue weighted by molar-refractivity contribution is -0.114. The lowest BCUT2D eigenvalue weighted by Gasteiger charge is -2.17. The van der Waals surface area contributed by atoms with Crippen LogP contribution in [0.4, 0.5) is 5.69 Å². The van der Waals surface area contributed by atoms with E-state index in [9.17, 15) is 21.6 Å². The minimum absolute atomic E-state index is 0.153. The number of carbonyl (C=O) groups is 1. The number of tetrazole rings is 1. The Morgan fingerprint density at radius 3 is 2.27 bits per heavy atom. The molecule has 0 radical (unpaired) electrons. The van der Waals surface area contributed by atoms with Crippen LogP contribution in [0, 0.1) is 0 Å². The number of aromatic amines is 1. The number of nitrogens with one attached hydrogen (secondary N) is 2. The van der Waals surface area contributed by atoms with Crippen molar-refractivity contribution in [2.75, 3.05) is 11.9 Å². The fourth-order valence-electron chi connectivity index (χ4n) is 2.81. The summed E-state index contributed by atoms with van der Waals surface area (Å²) in [7, 11) is -9.13. The largest absolute Gasteiger partial charge is 0.324 e. The van der Waals surface area contributed by atoms with Crippen LogP contribution < -0.4 is 21.3 Å². The summed E-state index contributed by atoms with van der Waals surface area (Å²) >= 11 is 0. The zero-order valence-corrected chi connectivity index (χ0v) is 16.7. The van der Waals surface area contributed by atoms with Gasteiger partial charge in [0.1, 0.15) is 9.79 Å². The van der Waals surface area contributed by atoms with Crippen LogP contribution in [0.2, 0.25) is 0 Å². The highest BCUT2D eigenvalue weighted by atomic mass is 32.2. The van der Waals surface area contributed by atoms with Crippen LogP contribution in [0.15, 0.2) is 46.2 Å². The highest BCUT2D eigenvalue weighted by Gasteiger charge is 2.31. The van der Waals surface area contributed by atoms with Crippen molar-refractivity contribution in [2.24, 2.45) is 16.0 Å². The molecule has 0 bridgehead atoms. The molecule has 0 aliphatic heterocycles. The number of hydrogen-bond donors (Lipinski definition) is 5. The monoisotopic (exact) mass is 452 g/mol. The lowest BCUT2D eigenvalue weighted by Crippen LogP contribution is -2.23. The van der Waals surface area contributed by atoms with Crippen molar-refractivity contribution in [1.82, 2.24) is 20.6 Å². The van der Waals surface area contributed by atoms with E-state index in [0.29, 0.717) is 5.56 Å². The highest BCUT2D eigenvalue weighted by Crippen LogP contribution is 2.40. The molecule has 13 nitrogen and oxygen atoms in total. The Kier molecular flexibility index (Phi) is 5.64. The summed E-state index contributed by atoms with van der Waals surface area (Å²) in [5, 5.41) is 26.2. The van der Waals surface area contributed by atoms with Gasteiger partial charge in [-0.15, -0.1) is 10.2 Å². The summed E-state index contributed by atoms with van der Waals surface area (Å²) in [5.41, 5.74) is 5.84. The molecule has 0 saturated heterocycles. The molecule has 0 saturated carbocycles. The van der Waals surface area contributed by atoms with Crippen LogP contribution in [-0.2, 0) is 24.8 Å². The van der Waals surface area contributed by atoms with Crippen molar-refractivity contribution in [3.05, 3.63) is 36.4 Å². The van der Waals surface area contributed by atoms with Crippen molar-refractivity contribution in [2.45, 2.75) is 9.79 Å². The summed E-state index contributed by atoms with van der Waals surface area (Å²) in [5.74, 6) is -0.754. The van der Waals surface area contributed by atoms with Gasteiger partial charge in [0.25, 0.3) is 0 Å². The van der Waals surface area contributed by atoms with Gasteiger partial charge in [-0.25, -0.2) is 27.1 Å². The molecule has 2 aromatic carbocycles. The Labute approximate surface area is 170 Å². The molecule has 0 spiro atoms. The minimum atomic E-state index is -4.63. The number of nitrogens with zero attached hydrogens (tertiary/aromatic N) is 3. The Morgan fingerprint density at radius 2 is 1.70 bits per heavy atom. The van der Waals surface area contributed by atoms with Gasteiger partial charge in [0.15, 0.2) is 0 Å². The van der Waals surface area contributed by atoms with E-state index in [-0.39, 0.29) is 29.2 Å². The van der Waals surface area contributed by atoms with Crippen LogP contribution in [0.25, 0.3) is 22.5 Å². The number of anilines is 1. The third-order valence-corrected chi connectivity index (χ3v) is 6.03. The molecule has 0 unspecified atom stereocenters. The zero-order valence-electron chi connectivity index (χ0n) is 15.1. The average Bonchev–Trinajstić information content (AvgIpc) is 3.20. The molecule has 0 atom stereocenters. The van der Waals surface area contributed by atoms with Gasteiger partial charge in [-0.1, -0.05) is 24.3 Å². The van der Waals surface area contributed by atoms with Crippen molar-refractivity contribution in [3.63, 3.8) is 0 Å². The molecule has 158 valence electrons. The van der Waals surface area contributed by atoms with Crippen molar-refractivity contribution < 1.29 is 21.6 Å². The Hall–Kier alpha value is -3.24. The number of para-hydroxylation sites is 1. The molecule has 3 rings (SSSR count). The summed E-state index contributed by atoms with van der Waals surface area (Å²) in [6.45, 7) is -0.293. The number of amides is 1. The highest BCUT2D eigenvalue weighted by molar-refractivity contribution is 7.92. The maximum atomic E-state index is 12.4. The molecule has 1 heterocycles. The van der Waals surface area contributed by atoms with E-state index >= 15 is 0 Å². The van der Waals surface area contributed by atoms with E-state index in [1.165, 1.54) is 6.07 Å². The SMILES string of the molecule is NCC(=O)Nc1ccccc1-c1ccc(S(N)(=O)=O)c(S(N)(=O)=O)c1-c1nn[nH]n1. The maximum Gasteiger partial charge on any atom is 0.240 e. The fraction of sp³-hybridized carbons (Fsp3) is 0.0667. The molecular weight excluding hydrogens is 436 g/mol. The van der Waals surface area contributed by atoms with Gasteiger partial charge in [0.2, 0.25) is 31.8 Å². The predicted octanol–water partition coefficient (Wildman–Crippen LogP) is -1.27. The van der Waals surface area contributed by atoms with E-state index in [1.807, 2.05) is 0 Å². The first-order chi connectivity index (χ1) is 14.0. The summed E-state index contributed by atoms with van der Waals surface area (Å²) in [6.07, 6.45) is 0. The normalized spacial score (nSPS) is 12.0. The van der Waals surface area contributed by atoms with Crippen LogP contribution >= 0.6 is 0 Å².